The largest absolute Gasteiger partial charge is 0.790 e. The highest BCUT2D eigenvalue weighted by molar-refractivity contribution is 7.43. The highest BCUT2D eigenvalue weighted by atomic mass is 31.2. The van der Waals surface area contributed by atoms with E-state index < -0.39 is 39.2 Å². The number of carbonyl (C=O) groups is 1. The summed E-state index contributed by atoms with van der Waals surface area (Å²) in [6, 6.07) is 0. The van der Waals surface area contributed by atoms with Gasteiger partial charge in [0.1, 0.15) is 18.5 Å². The van der Waals surface area contributed by atoms with Gasteiger partial charge in [0.25, 0.3) is 0 Å². The fourth-order valence-corrected chi connectivity index (χ4v) is 1.10. The average Bonchev–Trinajstić information content (AvgIpc) is 2.12. The number of aliphatic hydroxyl groups excluding tert-OH is 3. The number of rotatable bonds is 7. The summed E-state index contributed by atoms with van der Waals surface area (Å²) < 4.78 is 13.7. The fraction of sp³-hybridized carbons (Fsp3) is 0.833. The summed E-state index contributed by atoms with van der Waals surface area (Å²) in [7, 11) is -5.23. The van der Waals surface area contributed by atoms with Crippen LogP contribution in [-0.2, 0) is 13.9 Å². The fourth-order valence-electron chi connectivity index (χ4n) is 0.761. The second-order valence-corrected chi connectivity index (χ2v) is 3.92. The Labute approximate surface area is 85.4 Å². The van der Waals surface area contributed by atoms with Gasteiger partial charge in [-0.25, -0.2) is 0 Å². The molecule has 0 amide bonds. The summed E-state index contributed by atoms with van der Waals surface area (Å²) in [5.41, 5.74) is 0. The van der Waals surface area contributed by atoms with Gasteiger partial charge in [0, 0.05) is 6.42 Å². The standard InChI is InChI=1S/C6H13O8P/c7-2-1-4(8)6(10)5(9)3-14-15(11,12)13/h2,4-6,8-10H,1,3H2,(H2,11,12,13)/p-2/t4-,5-,6+/m1/s1. The van der Waals surface area contributed by atoms with Crippen molar-refractivity contribution in [1.82, 2.24) is 0 Å². The van der Waals surface area contributed by atoms with Gasteiger partial charge in [0.05, 0.1) is 20.5 Å². The van der Waals surface area contributed by atoms with Crippen LogP contribution in [0.2, 0.25) is 0 Å². The zero-order valence-corrected chi connectivity index (χ0v) is 8.45. The monoisotopic (exact) mass is 242 g/mol. The van der Waals surface area contributed by atoms with Crippen LogP contribution >= 0.6 is 7.82 Å². The van der Waals surface area contributed by atoms with Gasteiger partial charge in [-0.1, -0.05) is 0 Å². The van der Waals surface area contributed by atoms with Crippen LogP contribution in [0.25, 0.3) is 0 Å². The van der Waals surface area contributed by atoms with E-state index in [9.17, 15) is 19.1 Å². The second-order valence-electron chi connectivity index (χ2n) is 2.77. The quantitative estimate of drug-likeness (QED) is 0.307. The van der Waals surface area contributed by atoms with E-state index in [1.54, 1.807) is 0 Å². The van der Waals surface area contributed by atoms with Crippen molar-refractivity contribution in [3.05, 3.63) is 0 Å². The Morgan fingerprint density at radius 1 is 1.27 bits per heavy atom. The summed E-state index contributed by atoms with van der Waals surface area (Å²) in [6.07, 6.45) is -5.19. The average molecular weight is 242 g/mol. The number of phosphoric acid groups is 1. The Morgan fingerprint density at radius 2 is 1.80 bits per heavy atom. The number of hydrogen-bond acceptors (Lipinski definition) is 8. The molecule has 0 aromatic carbocycles. The normalized spacial score (nSPS) is 18.2. The first-order valence-corrected chi connectivity index (χ1v) is 5.38. The maximum Gasteiger partial charge on any atom is 0.122 e. The van der Waals surface area contributed by atoms with Gasteiger partial charge in [-0.05, 0) is 0 Å². The third-order valence-corrected chi connectivity index (χ3v) is 1.99. The van der Waals surface area contributed by atoms with E-state index in [2.05, 4.69) is 4.52 Å². The van der Waals surface area contributed by atoms with Gasteiger partial charge in [0.2, 0.25) is 0 Å². The van der Waals surface area contributed by atoms with E-state index in [0.717, 1.165) is 0 Å². The summed E-state index contributed by atoms with van der Waals surface area (Å²) in [5.74, 6) is 0. The van der Waals surface area contributed by atoms with Crippen LogP contribution in [0.3, 0.4) is 0 Å². The molecule has 0 saturated heterocycles. The number of hydrogen-bond donors (Lipinski definition) is 3. The molecule has 0 spiro atoms. The molecule has 0 aromatic heterocycles. The van der Waals surface area contributed by atoms with Gasteiger partial charge >= 0.3 is 0 Å². The highest BCUT2D eigenvalue weighted by Gasteiger charge is 2.24. The number of carbonyl (C=O) groups excluding carboxylic acids is 1. The van der Waals surface area contributed by atoms with Crippen molar-refractivity contribution in [1.29, 1.82) is 0 Å². The molecule has 3 N–H and O–H groups in total. The maximum atomic E-state index is 9.99. The van der Waals surface area contributed by atoms with Crippen LogP contribution < -0.4 is 9.79 Å². The first-order valence-electron chi connectivity index (χ1n) is 3.92. The Hall–Kier alpha value is -0.340. The van der Waals surface area contributed by atoms with Crippen molar-refractivity contribution in [3.8, 4) is 0 Å². The first kappa shape index (κ1) is 14.7. The van der Waals surface area contributed by atoms with E-state index in [4.69, 9.17) is 15.3 Å². The minimum Gasteiger partial charge on any atom is -0.790 e. The molecular formula is C6H11O8P-2. The van der Waals surface area contributed by atoms with Crippen molar-refractivity contribution in [2.45, 2.75) is 24.7 Å². The molecule has 0 fully saturated rings. The molecule has 0 aliphatic heterocycles. The molecule has 0 aromatic rings. The molecule has 0 rings (SSSR count). The van der Waals surface area contributed by atoms with Gasteiger partial charge in [0.15, 0.2) is 0 Å². The number of aldehydes is 1. The maximum absolute atomic E-state index is 9.99. The molecule has 0 aliphatic rings. The van der Waals surface area contributed by atoms with Crippen LogP contribution in [0.15, 0.2) is 0 Å². The Balaban J connectivity index is 4.03. The minimum atomic E-state index is -5.23. The van der Waals surface area contributed by atoms with Gasteiger partial charge in [-0.15, -0.1) is 0 Å². The minimum absolute atomic E-state index is 0.313. The second kappa shape index (κ2) is 6.29. The van der Waals surface area contributed by atoms with Gasteiger partial charge in [-0.3, -0.25) is 0 Å². The third kappa shape index (κ3) is 6.69. The van der Waals surface area contributed by atoms with Crippen LogP contribution in [0, 0.1) is 0 Å². The van der Waals surface area contributed by atoms with Crippen molar-refractivity contribution in [2.24, 2.45) is 0 Å². The van der Waals surface area contributed by atoms with Crippen molar-refractivity contribution >= 4 is 14.1 Å². The lowest BCUT2D eigenvalue weighted by atomic mass is 10.1. The molecule has 0 heterocycles. The molecule has 0 radical (unpaired) electrons. The molecule has 0 bridgehead atoms. The Bertz CT molecular complexity index is 237. The molecule has 15 heavy (non-hydrogen) atoms. The molecule has 0 saturated carbocycles. The summed E-state index contributed by atoms with van der Waals surface area (Å²) in [4.78, 5) is 29.9. The molecular weight excluding hydrogens is 231 g/mol. The van der Waals surface area contributed by atoms with Crippen molar-refractivity contribution in [2.75, 3.05) is 6.61 Å². The summed E-state index contributed by atoms with van der Waals surface area (Å²) >= 11 is 0. The zero-order valence-electron chi connectivity index (χ0n) is 7.55. The molecule has 90 valence electrons. The Morgan fingerprint density at radius 3 is 2.20 bits per heavy atom. The number of phosphoric ester groups is 1. The zero-order chi connectivity index (χ0) is 12.1. The third-order valence-electron chi connectivity index (χ3n) is 1.53. The van der Waals surface area contributed by atoms with E-state index in [1.165, 1.54) is 0 Å². The molecule has 0 aliphatic carbocycles. The van der Waals surface area contributed by atoms with Crippen LogP contribution in [0.4, 0.5) is 0 Å². The van der Waals surface area contributed by atoms with Crippen molar-refractivity contribution < 1.29 is 39.0 Å². The van der Waals surface area contributed by atoms with E-state index >= 15 is 0 Å². The molecule has 0 unspecified atom stereocenters. The van der Waals surface area contributed by atoms with Crippen LogP contribution in [0.5, 0.6) is 0 Å². The molecule has 3 atom stereocenters. The lowest BCUT2D eigenvalue weighted by molar-refractivity contribution is -0.343. The SMILES string of the molecule is O=CC[C@@H](O)[C@H](O)[C@H](O)COP(=O)([O-])[O-]. The predicted molar refractivity (Wildman–Crippen MR) is 42.3 cm³/mol. The Kier molecular flexibility index (Phi) is 6.15. The van der Waals surface area contributed by atoms with Crippen LogP contribution in [-0.4, -0.2) is 46.5 Å². The van der Waals surface area contributed by atoms with E-state index in [-0.39, 0.29) is 0 Å². The van der Waals surface area contributed by atoms with E-state index in [1.807, 2.05) is 0 Å². The van der Waals surface area contributed by atoms with Crippen molar-refractivity contribution in [3.63, 3.8) is 0 Å². The van der Waals surface area contributed by atoms with Gasteiger partial charge < -0.3 is 39.0 Å². The lowest BCUT2D eigenvalue weighted by Gasteiger charge is -2.31. The van der Waals surface area contributed by atoms with Gasteiger partial charge in [-0.2, -0.15) is 0 Å². The molecule has 8 nitrogen and oxygen atoms in total. The predicted octanol–water partition coefficient (Wildman–Crippen LogP) is -3.50. The molecule has 9 heteroatoms. The highest BCUT2D eigenvalue weighted by Crippen LogP contribution is 2.24. The number of aliphatic hydroxyl groups is 3. The first-order chi connectivity index (χ1) is 6.78. The lowest BCUT2D eigenvalue weighted by Crippen LogP contribution is -2.40. The van der Waals surface area contributed by atoms with Crippen LogP contribution in [0.1, 0.15) is 6.42 Å². The smallest absolute Gasteiger partial charge is 0.122 e. The topological polar surface area (TPSA) is 150 Å². The van der Waals surface area contributed by atoms with E-state index in [0.29, 0.717) is 6.29 Å². The summed E-state index contributed by atoms with van der Waals surface area (Å²) in [5, 5.41) is 27.1. The summed E-state index contributed by atoms with van der Waals surface area (Å²) in [6.45, 7) is -0.971.